The maximum atomic E-state index is 10.3. The number of carbonyl (C=O) groups excluding carboxylic acids is 1. The summed E-state index contributed by atoms with van der Waals surface area (Å²) in [5.74, 6) is 0.871. The Kier molecular flexibility index (Phi) is 13.8. The van der Waals surface area contributed by atoms with Crippen LogP contribution in [0, 0.1) is 0 Å². The first-order valence-electron chi connectivity index (χ1n) is 10.3. The maximum absolute atomic E-state index is 10.3. The van der Waals surface area contributed by atoms with Gasteiger partial charge in [-0.15, -0.1) is 0 Å². The number of rotatable bonds is 17. The van der Waals surface area contributed by atoms with Crippen LogP contribution in [0.3, 0.4) is 0 Å². The molecule has 0 unspecified atom stereocenters. The summed E-state index contributed by atoms with van der Waals surface area (Å²) in [5.41, 5.74) is 0.795. The summed E-state index contributed by atoms with van der Waals surface area (Å²) in [6.45, 7) is 3.05. The highest BCUT2D eigenvalue weighted by Crippen LogP contribution is 2.16. The Morgan fingerprint density at radius 3 is 1.72 bits per heavy atom. The Hall–Kier alpha value is -1.51. The molecule has 142 valence electrons. The van der Waals surface area contributed by atoms with Crippen LogP contribution in [0.5, 0.6) is 5.75 Å². The van der Waals surface area contributed by atoms with Gasteiger partial charge in [-0.05, 0) is 30.7 Å². The average Bonchev–Trinajstić information content (AvgIpc) is 2.63. The van der Waals surface area contributed by atoms with Gasteiger partial charge in [-0.25, -0.2) is 0 Å². The van der Waals surface area contributed by atoms with Crippen LogP contribution in [0.25, 0.3) is 0 Å². The lowest BCUT2D eigenvalue weighted by Gasteiger charge is -2.07. The monoisotopic (exact) mass is 347 g/mol. The fourth-order valence-electron chi connectivity index (χ4n) is 3.03. The number of unbranched alkanes of at least 4 members (excludes halogenated alkanes) is 12. The summed E-state index contributed by atoms with van der Waals surface area (Å²) >= 11 is 0. The van der Waals surface area contributed by atoms with Crippen molar-refractivity contribution < 1.29 is 9.53 Å². The largest absolute Gasteiger partial charge is 0.494 e. The van der Waals surface area contributed by atoms with Crippen molar-refractivity contribution in [3.8, 4) is 5.75 Å². The van der Waals surface area contributed by atoms with Crippen molar-refractivity contribution >= 4 is 12.1 Å². The van der Waals surface area contributed by atoms with Crippen molar-refractivity contribution in [1.29, 1.82) is 0 Å². The molecule has 3 heteroatoms. The number of benzene rings is 1. The van der Waals surface area contributed by atoms with Gasteiger partial charge in [0, 0.05) is 5.69 Å². The van der Waals surface area contributed by atoms with Crippen molar-refractivity contribution in [2.75, 3.05) is 11.9 Å². The molecule has 0 aliphatic carbocycles. The SMILES string of the molecule is CCCCCCCCCCCCCCCOc1ccc(NC=O)cc1. The number of nitrogens with one attached hydrogen (secondary N) is 1. The zero-order valence-electron chi connectivity index (χ0n) is 16.1. The molecule has 0 spiro atoms. The quantitative estimate of drug-likeness (QED) is 0.251. The molecule has 0 aliphatic rings. The highest BCUT2D eigenvalue weighted by atomic mass is 16.5. The highest BCUT2D eigenvalue weighted by molar-refractivity contribution is 5.71. The first kappa shape index (κ1) is 21.5. The third-order valence-corrected chi connectivity index (χ3v) is 4.60. The van der Waals surface area contributed by atoms with E-state index < -0.39 is 0 Å². The van der Waals surface area contributed by atoms with Crippen molar-refractivity contribution in [2.24, 2.45) is 0 Å². The van der Waals surface area contributed by atoms with E-state index >= 15 is 0 Å². The van der Waals surface area contributed by atoms with Gasteiger partial charge in [-0.3, -0.25) is 4.79 Å². The maximum Gasteiger partial charge on any atom is 0.211 e. The third kappa shape index (κ3) is 12.5. The van der Waals surface area contributed by atoms with E-state index in [2.05, 4.69) is 12.2 Å². The molecule has 0 radical (unpaired) electrons. The summed E-state index contributed by atoms with van der Waals surface area (Å²) in [4.78, 5) is 10.3. The Morgan fingerprint density at radius 1 is 0.760 bits per heavy atom. The summed E-state index contributed by atoms with van der Waals surface area (Å²) in [6, 6.07) is 7.50. The summed E-state index contributed by atoms with van der Waals surface area (Å²) < 4.78 is 5.72. The third-order valence-electron chi connectivity index (χ3n) is 4.60. The average molecular weight is 348 g/mol. The second-order valence-electron chi connectivity index (χ2n) is 6.88. The van der Waals surface area contributed by atoms with E-state index in [4.69, 9.17) is 4.74 Å². The minimum Gasteiger partial charge on any atom is -0.494 e. The van der Waals surface area contributed by atoms with Gasteiger partial charge in [-0.1, -0.05) is 84.0 Å². The van der Waals surface area contributed by atoms with Crippen LogP contribution in [0.4, 0.5) is 5.69 Å². The van der Waals surface area contributed by atoms with Gasteiger partial charge in [0.1, 0.15) is 5.75 Å². The Bertz CT molecular complexity index is 417. The van der Waals surface area contributed by atoms with Gasteiger partial charge < -0.3 is 10.1 Å². The predicted octanol–water partition coefficient (Wildman–Crippen LogP) is 6.72. The Morgan fingerprint density at radius 2 is 1.24 bits per heavy atom. The van der Waals surface area contributed by atoms with E-state index in [9.17, 15) is 4.79 Å². The molecule has 25 heavy (non-hydrogen) atoms. The number of amides is 1. The fourth-order valence-corrected chi connectivity index (χ4v) is 3.03. The molecule has 0 atom stereocenters. The van der Waals surface area contributed by atoms with E-state index in [1.807, 2.05) is 24.3 Å². The standard InChI is InChI=1S/C22H37NO2/c1-2-3-4-5-6-7-8-9-10-11-12-13-14-19-25-22-17-15-21(16-18-22)23-20-24/h15-18,20H,2-14,19H2,1H3,(H,23,24). The van der Waals surface area contributed by atoms with Crippen molar-refractivity contribution in [3.63, 3.8) is 0 Å². The van der Waals surface area contributed by atoms with Crippen LogP contribution in [0.15, 0.2) is 24.3 Å². The van der Waals surface area contributed by atoms with E-state index in [1.165, 1.54) is 77.0 Å². The lowest BCUT2D eigenvalue weighted by atomic mass is 10.0. The van der Waals surface area contributed by atoms with Crippen molar-refractivity contribution in [1.82, 2.24) is 0 Å². The molecule has 0 heterocycles. The molecular weight excluding hydrogens is 310 g/mol. The first-order valence-corrected chi connectivity index (χ1v) is 10.3. The van der Waals surface area contributed by atoms with E-state index in [0.717, 1.165) is 24.5 Å². The second kappa shape index (κ2) is 16.0. The zero-order chi connectivity index (χ0) is 18.0. The van der Waals surface area contributed by atoms with Crippen molar-refractivity contribution in [2.45, 2.75) is 90.4 Å². The lowest BCUT2D eigenvalue weighted by Crippen LogP contribution is -1.98. The molecule has 0 aromatic heterocycles. The molecule has 0 bridgehead atoms. The minimum absolute atomic E-state index is 0.684. The number of hydrogen-bond donors (Lipinski definition) is 1. The molecule has 0 fully saturated rings. The molecule has 1 N–H and O–H groups in total. The van der Waals surface area contributed by atoms with Crippen LogP contribution in [0.2, 0.25) is 0 Å². The summed E-state index contributed by atoms with van der Waals surface area (Å²) in [6.07, 6.45) is 18.4. The molecule has 0 aliphatic heterocycles. The minimum atomic E-state index is 0.684. The van der Waals surface area contributed by atoms with E-state index in [-0.39, 0.29) is 0 Å². The van der Waals surface area contributed by atoms with Gasteiger partial charge >= 0.3 is 0 Å². The van der Waals surface area contributed by atoms with Gasteiger partial charge in [0.05, 0.1) is 6.61 Å². The second-order valence-corrected chi connectivity index (χ2v) is 6.88. The summed E-state index contributed by atoms with van der Waals surface area (Å²) in [5, 5.41) is 2.62. The highest BCUT2D eigenvalue weighted by Gasteiger charge is 1.96. The van der Waals surface area contributed by atoms with E-state index in [1.54, 1.807) is 0 Å². The van der Waals surface area contributed by atoms with Gasteiger partial charge in [-0.2, -0.15) is 0 Å². The van der Waals surface area contributed by atoms with Gasteiger partial charge in [0.15, 0.2) is 0 Å². The molecule has 3 nitrogen and oxygen atoms in total. The van der Waals surface area contributed by atoms with Crippen LogP contribution in [-0.4, -0.2) is 13.0 Å². The number of carbonyl (C=O) groups is 1. The Balaban J connectivity index is 1.83. The van der Waals surface area contributed by atoms with Crippen LogP contribution >= 0.6 is 0 Å². The molecule has 1 aromatic carbocycles. The lowest BCUT2D eigenvalue weighted by molar-refractivity contribution is -0.105. The molecule has 1 rings (SSSR count). The first-order chi connectivity index (χ1) is 12.4. The number of ether oxygens (including phenoxy) is 1. The van der Waals surface area contributed by atoms with Crippen LogP contribution in [0.1, 0.15) is 90.4 Å². The molecule has 1 amide bonds. The molecule has 0 saturated heterocycles. The number of hydrogen-bond acceptors (Lipinski definition) is 2. The van der Waals surface area contributed by atoms with E-state index in [0.29, 0.717) is 6.41 Å². The number of anilines is 1. The Labute approximate surface area is 154 Å². The summed E-state index contributed by atoms with van der Waals surface area (Å²) in [7, 11) is 0. The molecule has 1 aromatic rings. The van der Waals surface area contributed by atoms with Gasteiger partial charge in [0.2, 0.25) is 6.41 Å². The van der Waals surface area contributed by atoms with Gasteiger partial charge in [0.25, 0.3) is 0 Å². The normalized spacial score (nSPS) is 10.6. The molecule has 0 saturated carbocycles. The molecular formula is C22H37NO2. The van der Waals surface area contributed by atoms with Crippen molar-refractivity contribution in [3.05, 3.63) is 24.3 Å². The fraction of sp³-hybridized carbons (Fsp3) is 0.682. The van der Waals surface area contributed by atoms with Crippen LogP contribution in [-0.2, 0) is 4.79 Å². The zero-order valence-corrected chi connectivity index (χ0v) is 16.1. The van der Waals surface area contributed by atoms with Crippen LogP contribution < -0.4 is 10.1 Å². The topological polar surface area (TPSA) is 38.3 Å². The smallest absolute Gasteiger partial charge is 0.211 e. The predicted molar refractivity (Wildman–Crippen MR) is 107 cm³/mol.